The summed E-state index contributed by atoms with van der Waals surface area (Å²) in [6.07, 6.45) is 2.96. The minimum atomic E-state index is -0.504. The molecule has 1 amide bonds. The van der Waals surface area contributed by atoms with Crippen molar-refractivity contribution >= 4 is 17.7 Å². The van der Waals surface area contributed by atoms with Crippen molar-refractivity contribution in [3.63, 3.8) is 0 Å². The average molecular weight is 400 g/mol. The first-order valence-electron chi connectivity index (χ1n) is 9.61. The van der Waals surface area contributed by atoms with Crippen LogP contribution >= 0.6 is 0 Å². The third-order valence-electron chi connectivity index (χ3n) is 4.96. The molecule has 1 aliphatic carbocycles. The molecule has 0 bridgehead atoms. The second-order valence-corrected chi connectivity index (χ2v) is 7.10. The predicted octanol–water partition coefficient (Wildman–Crippen LogP) is -0.0243. The fourth-order valence-corrected chi connectivity index (χ4v) is 3.31. The molecule has 1 saturated heterocycles. The number of aliphatic hydroxyl groups is 1. The van der Waals surface area contributed by atoms with E-state index in [-0.39, 0.29) is 18.1 Å². The molecule has 3 heterocycles. The van der Waals surface area contributed by atoms with Crippen LogP contribution in [0.3, 0.4) is 0 Å². The van der Waals surface area contributed by atoms with E-state index in [0.717, 1.165) is 5.56 Å². The van der Waals surface area contributed by atoms with Gasteiger partial charge in [-0.1, -0.05) is 0 Å². The fourth-order valence-electron chi connectivity index (χ4n) is 3.31. The van der Waals surface area contributed by atoms with Crippen molar-refractivity contribution in [3.8, 4) is 17.1 Å². The molecule has 1 aliphatic heterocycles. The Labute approximate surface area is 168 Å². The number of carbonyl (C=O) groups excluding carboxylic acids is 1. The number of hydrogen-bond acceptors (Lipinski definition) is 9. The topological polar surface area (TPSA) is 136 Å². The molecular weight excluding hydrogens is 376 g/mol. The third kappa shape index (κ3) is 4.72. The molecule has 1 saturated carbocycles. The summed E-state index contributed by atoms with van der Waals surface area (Å²) in [5.74, 6) is 1.13. The SMILES string of the molecule is Nc1ccc(-c2cc(O[C@H]3C[C@H](NC(=O)CO)C3)nc(N3CCOCC3)n2)cn1. The highest BCUT2D eigenvalue weighted by atomic mass is 16.5. The Morgan fingerprint density at radius 3 is 2.79 bits per heavy atom. The van der Waals surface area contributed by atoms with E-state index in [2.05, 4.69) is 25.2 Å². The summed E-state index contributed by atoms with van der Waals surface area (Å²) in [4.78, 5) is 26.8. The highest BCUT2D eigenvalue weighted by Crippen LogP contribution is 2.29. The molecule has 0 atom stereocenters. The number of ether oxygens (including phenoxy) is 2. The van der Waals surface area contributed by atoms with Crippen molar-refractivity contribution in [2.24, 2.45) is 0 Å². The first kappa shape index (κ1) is 19.3. The molecular formula is C19H24N6O4. The fraction of sp³-hybridized carbons (Fsp3) is 0.474. The second kappa shape index (κ2) is 8.58. The maximum absolute atomic E-state index is 11.3. The van der Waals surface area contributed by atoms with Gasteiger partial charge >= 0.3 is 0 Å². The van der Waals surface area contributed by atoms with Crippen molar-refractivity contribution in [1.82, 2.24) is 20.3 Å². The highest BCUT2D eigenvalue weighted by Gasteiger charge is 2.32. The Hall–Kier alpha value is -2.98. The molecule has 29 heavy (non-hydrogen) atoms. The van der Waals surface area contributed by atoms with Crippen LogP contribution in [-0.2, 0) is 9.53 Å². The first-order chi connectivity index (χ1) is 14.1. The number of rotatable bonds is 6. The van der Waals surface area contributed by atoms with Crippen LogP contribution in [0.15, 0.2) is 24.4 Å². The van der Waals surface area contributed by atoms with E-state index in [4.69, 9.17) is 20.3 Å². The van der Waals surface area contributed by atoms with E-state index in [0.29, 0.717) is 62.5 Å². The van der Waals surface area contributed by atoms with Crippen LogP contribution in [0.5, 0.6) is 5.88 Å². The van der Waals surface area contributed by atoms with Gasteiger partial charge in [0, 0.05) is 49.8 Å². The molecule has 2 aromatic heterocycles. The number of carbonyl (C=O) groups is 1. The van der Waals surface area contributed by atoms with Gasteiger partial charge in [-0.25, -0.2) is 9.97 Å². The summed E-state index contributed by atoms with van der Waals surface area (Å²) in [5.41, 5.74) is 7.22. The van der Waals surface area contributed by atoms with Crippen LogP contribution in [0.2, 0.25) is 0 Å². The van der Waals surface area contributed by atoms with Gasteiger partial charge in [0.2, 0.25) is 17.7 Å². The van der Waals surface area contributed by atoms with Gasteiger partial charge in [0.15, 0.2) is 0 Å². The zero-order chi connectivity index (χ0) is 20.2. The number of aromatic nitrogens is 3. The van der Waals surface area contributed by atoms with E-state index in [1.54, 1.807) is 18.3 Å². The lowest BCUT2D eigenvalue weighted by molar-refractivity contribution is -0.125. The normalized spacial score (nSPS) is 21.3. The molecule has 4 N–H and O–H groups in total. The molecule has 0 aromatic carbocycles. The van der Waals surface area contributed by atoms with Crippen LogP contribution in [0.4, 0.5) is 11.8 Å². The molecule has 10 nitrogen and oxygen atoms in total. The Morgan fingerprint density at radius 2 is 2.10 bits per heavy atom. The molecule has 154 valence electrons. The van der Waals surface area contributed by atoms with E-state index < -0.39 is 6.61 Å². The van der Waals surface area contributed by atoms with Gasteiger partial charge in [-0.05, 0) is 12.1 Å². The summed E-state index contributed by atoms with van der Waals surface area (Å²) in [6, 6.07) is 5.39. The van der Waals surface area contributed by atoms with Gasteiger partial charge < -0.3 is 30.5 Å². The number of nitrogens with zero attached hydrogens (tertiary/aromatic N) is 4. The van der Waals surface area contributed by atoms with E-state index >= 15 is 0 Å². The number of nitrogen functional groups attached to an aromatic ring is 1. The molecule has 4 rings (SSSR count). The monoisotopic (exact) mass is 400 g/mol. The van der Waals surface area contributed by atoms with Crippen molar-refractivity contribution in [1.29, 1.82) is 0 Å². The van der Waals surface area contributed by atoms with Gasteiger partial charge in [-0.15, -0.1) is 0 Å². The molecule has 10 heteroatoms. The molecule has 0 unspecified atom stereocenters. The van der Waals surface area contributed by atoms with Crippen molar-refractivity contribution in [2.45, 2.75) is 25.0 Å². The Balaban J connectivity index is 1.52. The van der Waals surface area contributed by atoms with Crippen LogP contribution in [0.1, 0.15) is 12.8 Å². The van der Waals surface area contributed by atoms with Gasteiger partial charge in [0.05, 0.1) is 18.9 Å². The van der Waals surface area contributed by atoms with Gasteiger partial charge in [-0.3, -0.25) is 4.79 Å². The van der Waals surface area contributed by atoms with Crippen molar-refractivity contribution in [2.75, 3.05) is 43.5 Å². The van der Waals surface area contributed by atoms with Gasteiger partial charge in [-0.2, -0.15) is 4.98 Å². The van der Waals surface area contributed by atoms with Gasteiger partial charge in [0.1, 0.15) is 18.5 Å². The zero-order valence-corrected chi connectivity index (χ0v) is 16.0. The average Bonchev–Trinajstić information content (AvgIpc) is 2.73. The maximum Gasteiger partial charge on any atom is 0.245 e. The van der Waals surface area contributed by atoms with Crippen LogP contribution < -0.4 is 20.7 Å². The number of hydrogen-bond donors (Lipinski definition) is 3. The largest absolute Gasteiger partial charge is 0.474 e. The first-order valence-corrected chi connectivity index (χ1v) is 9.61. The van der Waals surface area contributed by atoms with Crippen LogP contribution in [0, 0.1) is 0 Å². The Morgan fingerprint density at radius 1 is 1.31 bits per heavy atom. The second-order valence-electron chi connectivity index (χ2n) is 7.10. The number of pyridine rings is 1. The third-order valence-corrected chi connectivity index (χ3v) is 4.96. The molecule has 2 aromatic rings. The van der Waals surface area contributed by atoms with E-state index in [9.17, 15) is 4.79 Å². The lowest BCUT2D eigenvalue weighted by atomic mass is 9.89. The minimum absolute atomic E-state index is 0.0148. The number of nitrogens with two attached hydrogens (primary N) is 1. The summed E-state index contributed by atoms with van der Waals surface area (Å²) in [6.45, 7) is 2.17. The molecule has 2 aliphatic rings. The highest BCUT2D eigenvalue weighted by molar-refractivity contribution is 5.77. The van der Waals surface area contributed by atoms with Crippen LogP contribution in [-0.4, -0.2) is 71.0 Å². The number of morpholine rings is 1. The minimum Gasteiger partial charge on any atom is -0.474 e. The number of nitrogens with one attached hydrogen (secondary N) is 1. The van der Waals surface area contributed by atoms with Crippen LogP contribution in [0.25, 0.3) is 11.3 Å². The standard InChI is InChI=1S/C19H24N6O4/c20-16-2-1-12(10-21-16)15-9-18(24-19(23-15)25-3-5-28-6-4-25)29-14-7-13(8-14)22-17(27)11-26/h1-2,9-10,13-14,26H,3-8,11H2,(H2,20,21)(H,22,27)/t13-,14-. The zero-order valence-electron chi connectivity index (χ0n) is 16.0. The molecule has 2 fully saturated rings. The maximum atomic E-state index is 11.3. The summed E-state index contributed by atoms with van der Waals surface area (Å²) in [7, 11) is 0. The molecule has 0 spiro atoms. The summed E-state index contributed by atoms with van der Waals surface area (Å²) < 4.78 is 11.5. The van der Waals surface area contributed by atoms with E-state index in [1.807, 2.05) is 6.07 Å². The number of amides is 1. The Bertz CT molecular complexity index is 850. The smallest absolute Gasteiger partial charge is 0.245 e. The Kier molecular flexibility index (Phi) is 5.72. The quantitative estimate of drug-likeness (QED) is 0.611. The van der Waals surface area contributed by atoms with E-state index in [1.165, 1.54) is 0 Å². The summed E-state index contributed by atoms with van der Waals surface area (Å²) in [5, 5.41) is 11.6. The van der Waals surface area contributed by atoms with Gasteiger partial charge in [0.25, 0.3) is 0 Å². The predicted molar refractivity (Wildman–Crippen MR) is 105 cm³/mol. The summed E-state index contributed by atoms with van der Waals surface area (Å²) >= 11 is 0. The number of anilines is 2. The number of aliphatic hydroxyl groups excluding tert-OH is 1. The van der Waals surface area contributed by atoms with Crippen molar-refractivity contribution in [3.05, 3.63) is 24.4 Å². The lowest BCUT2D eigenvalue weighted by Crippen LogP contribution is -2.49. The van der Waals surface area contributed by atoms with Crippen molar-refractivity contribution < 1.29 is 19.4 Å². The lowest BCUT2D eigenvalue weighted by Gasteiger charge is -2.35. The molecule has 0 radical (unpaired) electrons.